The van der Waals surface area contributed by atoms with Gasteiger partial charge in [0.2, 0.25) is 0 Å². The predicted octanol–water partition coefficient (Wildman–Crippen LogP) is 2.33. The molecule has 82 valence electrons. The normalized spacial score (nSPS) is 24.1. The van der Waals surface area contributed by atoms with Crippen molar-refractivity contribution in [2.45, 2.75) is 40.5 Å². The van der Waals surface area contributed by atoms with Gasteiger partial charge in [0.25, 0.3) is 0 Å². The molecule has 0 aromatic carbocycles. The van der Waals surface area contributed by atoms with Gasteiger partial charge in [0.1, 0.15) is 0 Å². The molecule has 0 radical (unpaired) electrons. The Labute approximate surface area is 87.7 Å². The predicted molar refractivity (Wildman–Crippen MR) is 59.3 cm³/mol. The number of hydrogen-bond acceptors (Lipinski definition) is 2. The van der Waals surface area contributed by atoms with Crippen molar-refractivity contribution in [3.8, 4) is 0 Å². The van der Waals surface area contributed by atoms with E-state index in [4.69, 9.17) is 0 Å². The molecule has 0 aliphatic carbocycles. The van der Waals surface area contributed by atoms with Crippen LogP contribution in [0.2, 0.25) is 0 Å². The van der Waals surface area contributed by atoms with Crippen LogP contribution in [0, 0.1) is 11.3 Å². The molecular weight excluding hydrogens is 174 g/mol. The largest absolute Gasteiger partial charge is 0.298 e. The van der Waals surface area contributed by atoms with Crippen LogP contribution in [0.4, 0.5) is 0 Å². The summed E-state index contributed by atoms with van der Waals surface area (Å²) in [6.07, 6.45) is 2.52. The lowest BCUT2D eigenvalue weighted by molar-refractivity contribution is -0.127. The molecule has 14 heavy (non-hydrogen) atoms. The highest BCUT2D eigenvalue weighted by Crippen LogP contribution is 2.21. The minimum absolute atomic E-state index is 0.176. The van der Waals surface area contributed by atoms with Crippen molar-refractivity contribution in [2.24, 2.45) is 11.3 Å². The molecule has 0 spiro atoms. The Kier molecular flexibility index (Phi) is 3.71. The van der Waals surface area contributed by atoms with E-state index in [1.54, 1.807) is 0 Å². The Morgan fingerprint density at radius 2 is 2.07 bits per heavy atom. The first-order chi connectivity index (χ1) is 6.43. The molecular formula is C12H23NO. The van der Waals surface area contributed by atoms with Gasteiger partial charge in [-0.25, -0.2) is 0 Å². The van der Waals surface area contributed by atoms with E-state index in [0.717, 1.165) is 19.0 Å². The maximum Gasteiger partial charge on any atom is 0.152 e. The standard InChI is InChI=1S/C12H23NO/c1-5-10-6-7-13(8-10)9-11(14)12(2,3)4/h10H,5-9H2,1-4H3. The summed E-state index contributed by atoms with van der Waals surface area (Å²) in [4.78, 5) is 14.1. The third-order valence-corrected chi connectivity index (χ3v) is 3.15. The number of carbonyl (C=O) groups excluding carboxylic acids is 1. The number of hydrogen-bond donors (Lipinski definition) is 0. The van der Waals surface area contributed by atoms with Gasteiger partial charge in [-0.15, -0.1) is 0 Å². The molecule has 1 unspecified atom stereocenters. The minimum atomic E-state index is -0.176. The van der Waals surface area contributed by atoms with Crippen LogP contribution in [0.3, 0.4) is 0 Å². The third-order valence-electron chi connectivity index (χ3n) is 3.15. The van der Waals surface area contributed by atoms with E-state index in [0.29, 0.717) is 12.3 Å². The lowest BCUT2D eigenvalue weighted by atomic mass is 9.90. The molecule has 1 heterocycles. The summed E-state index contributed by atoms with van der Waals surface area (Å²) in [6, 6.07) is 0. The number of carbonyl (C=O) groups is 1. The summed E-state index contributed by atoms with van der Waals surface area (Å²) < 4.78 is 0. The monoisotopic (exact) mass is 197 g/mol. The Bertz CT molecular complexity index is 205. The number of Topliss-reactive ketones (excluding diaryl/α,β-unsaturated/α-hetero) is 1. The molecule has 0 bridgehead atoms. The zero-order valence-corrected chi connectivity index (χ0v) is 9.97. The van der Waals surface area contributed by atoms with Gasteiger partial charge >= 0.3 is 0 Å². The summed E-state index contributed by atoms with van der Waals surface area (Å²) >= 11 is 0. The first-order valence-corrected chi connectivity index (χ1v) is 5.69. The van der Waals surface area contributed by atoms with Crippen molar-refractivity contribution < 1.29 is 4.79 Å². The molecule has 2 heteroatoms. The second kappa shape index (κ2) is 4.43. The summed E-state index contributed by atoms with van der Waals surface area (Å²) in [5.74, 6) is 1.19. The van der Waals surface area contributed by atoms with Crippen LogP contribution in [0.1, 0.15) is 40.5 Å². The number of likely N-dealkylation sites (tertiary alicyclic amines) is 1. The SMILES string of the molecule is CCC1CCN(CC(=O)C(C)(C)C)C1. The average Bonchev–Trinajstić information content (AvgIpc) is 2.50. The number of ketones is 1. The van der Waals surface area contributed by atoms with Gasteiger partial charge in [0.15, 0.2) is 5.78 Å². The van der Waals surface area contributed by atoms with E-state index in [1.807, 2.05) is 20.8 Å². The lowest BCUT2D eigenvalue weighted by Crippen LogP contribution is -2.34. The van der Waals surface area contributed by atoms with Crippen LogP contribution in [0.25, 0.3) is 0 Å². The van der Waals surface area contributed by atoms with Crippen LogP contribution >= 0.6 is 0 Å². The molecule has 0 amide bonds. The van der Waals surface area contributed by atoms with Crippen LogP contribution in [0.15, 0.2) is 0 Å². The van der Waals surface area contributed by atoms with Crippen molar-refractivity contribution in [1.29, 1.82) is 0 Å². The second-order valence-corrected chi connectivity index (χ2v) is 5.47. The second-order valence-electron chi connectivity index (χ2n) is 5.47. The molecule has 1 aliphatic rings. The molecule has 1 aliphatic heterocycles. The molecule has 0 aromatic rings. The van der Waals surface area contributed by atoms with E-state index in [1.165, 1.54) is 12.8 Å². The fourth-order valence-corrected chi connectivity index (χ4v) is 1.83. The summed E-state index contributed by atoms with van der Waals surface area (Å²) in [5.41, 5.74) is -0.176. The van der Waals surface area contributed by atoms with Crippen molar-refractivity contribution in [3.63, 3.8) is 0 Å². The summed E-state index contributed by atoms with van der Waals surface area (Å²) in [5, 5.41) is 0. The Morgan fingerprint density at radius 1 is 1.43 bits per heavy atom. The Hall–Kier alpha value is -0.370. The highest BCUT2D eigenvalue weighted by atomic mass is 16.1. The van der Waals surface area contributed by atoms with Crippen LogP contribution < -0.4 is 0 Å². The van der Waals surface area contributed by atoms with Crippen molar-refractivity contribution in [3.05, 3.63) is 0 Å². The van der Waals surface area contributed by atoms with Gasteiger partial charge < -0.3 is 0 Å². The topological polar surface area (TPSA) is 20.3 Å². The third kappa shape index (κ3) is 3.09. The van der Waals surface area contributed by atoms with Crippen LogP contribution in [-0.2, 0) is 4.79 Å². The fourth-order valence-electron chi connectivity index (χ4n) is 1.83. The van der Waals surface area contributed by atoms with E-state index < -0.39 is 0 Å². The molecule has 1 fully saturated rings. The minimum Gasteiger partial charge on any atom is -0.298 e. The zero-order chi connectivity index (χ0) is 10.8. The molecule has 0 aromatic heterocycles. The van der Waals surface area contributed by atoms with E-state index >= 15 is 0 Å². The van der Waals surface area contributed by atoms with E-state index in [9.17, 15) is 4.79 Å². The first-order valence-electron chi connectivity index (χ1n) is 5.69. The zero-order valence-electron chi connectivity index (χ0n) is 9.97. The van der Waals surface area contributed by atoms with Gasteiger partial charge in [0, 0.05) is 12.0 Å². The number of nitrogens with zero attached hydrogens (tertiary/aromatic N) is 1. The van der Waals surface area contributed by atoms with Gasteiger partial charge in [-0.05, 0) is 18.9 Å². The molecule has 1 atom stereocenters. The Morgan fingerprint density at radius 3 is 2.50 bits per heavy atom. The molecule has 1 saturated heterocycles. The van der Waals surface area contributed by atoms with E-state index in [-0.39, 0.29) is 5.41 Å². The maximum atomic E-state index is 11.8. The van der Waals surface area contributed by atoms with Crippen LogP contribution in [0.5, 0.6) is 0 Å². The van der Waals surface area contributed by atoms with E-state index in [2.05, 4.69) is 11.8 Å². The molecule has 0 saturated carbocycles. The van der Waals surface area contributed by atoms with Crippen LogP contribution in [-0.4, -0.2) is 30.3 Å². The first kappa shape index (κ1) is 11.7. The van der Waals surface area contributed by atoms with Gasteiger partial charge in [-0.3, -0.25) is 9.69 Å². The Balaban J connectivity index is 2.36. The fraction of sp³-hybridized carbons (Fsp3) is 0.917. The summed E-state index contributed by atoms with van der Waals surface area (Å²) in [7, 11) is 0. The molecule has 1 rings (SSSR count). The maximum absolute atomic E-state index is 11.8. The lowest BCUT2D eigenvalue weighted by Gasteiger charge is -2.21. The molecule has 0 N–H and O–H groups in total. The number of rotatable bonds is 3. The quantitative estimate of drug-likeness (QED) is 0.692. The van der Waals surface area contributed by atoms with Gasteiger partial charge in [0.05, 0.1) is 6.54 Å². The van der Waals surface area contributed by atoms with Gasteiger partial charge in [-0.2, -0.15) is 0 Å². The van der Waals surface area contributed by atoms with Crippen molar-refractivity contribution in [2.75, 3.05) is 19.6 Å². The molecule has 2 nitrogen and oxygen atoms in total. The average molecular weight is 197 g/mol. The van der Waals surface area contributed by atoms with Crippen molar-refractivity contribution >= 4 is 5.78 Å². The summed E-state index contributed by atoms with van der Waals surface area (Å²) in [6.45, 7) is 11.1. The highest BCUT2D eigenvalue weighted by molar-refractivity contribution is 5.85. The van der Waals surface area contributed by atoms with Gasteiger partial charge in [-0.1, -0.05) is 34.1 Å². The smallest absolute Gasteiger partial charge is 0.152 e. The highest BCUT2D eigenvalue weighted by Gasteiger charge is 2.27. The van der Waals surface area contributed by atoms with Crippen molar-refractivity contribution in [1.82, 2.24) is 4.90 Å².